The second-order valence-electron chi connectivity index (χ2n) is 2.73. The van der Waals surface area contributed by atoms with Crippen molar-refractivity contribution < 1.29 is 9.53 Å². The summed E-state index contributed by atoms with van der Waals surface area (Å²) < 4.78 is 4.61. The molecule has 3 N–H and O–H groups in total. The molecule has 4 heteroatoms. The molecule has 0 saturated carbocycles. The highest BCUT2D eigenvalue weighted by atomic mass is 16.5. The van der Waals surface area contributed by atoms with Gasteiger partial charge in [0.25, 0.3) is 0 Å². The topological polar surface area (TPSA) is 76.2 Å². The van der Waals surface area contributed by atoms with Gasteiger partial charge in [0, 0.05) is 0 Å². The SMILES string of the molecule is C/C=C/C(CC)(C(=N)N)C(=O)OC. The molecule has 1 unspecified atom stereocenters. The zero-order chi connectivity index (χ0) is 10.5. The maximum atomic E-state index is 11.4. The average molecular weight is 184 g/mol. The van der Waals surface area contributed by atoms with Gasteiger partial charge in [-0.15, -0.1) is 0 Å². The minimum Gasteiger partial charge on any atom is -0.468 e. The van der Waals surface area contributed by atoms with E-state index in [0.29, 0.717) is 6.42 Å². The summed E-state index contributed by atoms with van der Waals surface area (Å²) in [6.45, 7) is 3.56. The molecule has 0 aromatic carbocycles. The first-order valence-electron chi connectivity index (χ1n) is 4.12. The highest BCUT2D eigenvalue weighted by molar-refractivity contribution is 6.05. The van der Waals surface area contributed by atoms with E-state index in [-0.39, 0.29) is 5.84 Å². The molecule has 13 heavy (non-hydrogen) atoms. The Kier molecular flexibility index (Phi) is 4.17. The fourth-order valence-corrected chi connectivity index (χ4v) is 1.19. The van der Waals surface area contributed by atoms with Crippen molar-refractivity contribution >= 4 is 11.8 Å². The fourth-order valence-electron chi connectivity index (χ4n) is 1.19. The number of esters is 1. The highest BCUT2D eigenvalue weighted by Crippen LogP contribution is 2.25. The molecule has 0 aromatic rings. The molecule has 0 radical (unpaired) electrons. The van der Waals surface area contributed by atoms with Crippen molar-refractivity contribution in [1.29, 1.82) is 5.41 Å². The molecule has 0 fully saturated rings. The Morgan fingerprint density at radius 1 is 1.69 bits per heavy atom. The Morgan fingerprint density at radius 3 is 2.46 bits per heavy atom. The summed E-state index contributed by atoms with van der Waals surface area (Å²) in [5.74, 6) is -0.666. The van der Waals surface area contributed by atoms with Crippen LogP contribution in [0.1, 0.15) is 20.3 Å². The van der Waals surface area contributed by atoms with Gasteiger partial charge in [-0.2, -0.15) is 0 Å². The molecule has 0 amide bonds. The van der Waals surface area contributed by atoms with Crippen LogP contribution in [-0.4, -0.2) is 18.9 Å². The fraction of sp³-hybridized carbons (Fsp3) is 0.556. The smallest absolute Gasteiger partial charge is 0.323 e. The van der Waals surface area contributed by atoms with E-state index < -0.39 is 11.4 Å². The van der Waals surface area contributed by atoms with Crippen LogP contribution in [0.2, 0.25) is 0 Å². The summed E-state index contributed by atoms with van der Waals surface area (Å²) in [6, 6.07) is 0. The predicted octanol–water partition coefficient (Wildman–Crippen LogP) is 1.07. The Morgan fingerprint density at radius 2 is 2.23 bits per heavy atom. The maximum absolute atomic E-state index is 11.4. The molecule has 0 saturated heterocycles. The van der Waals surface area contributed by atoms with E-state index in [0.717, 1.165) is 0 Å². The number of hydrogen-bond acceptors (Lipinski definition) is 3. The number of amidine groups is 1. The van der Waals surface area contributed by atoms with Crippen molar-refractivity contribution in [2.75, 3.05) is 7.11 Å². The number of nitrogens with two attached hydrogens (primary N) is 1. The van der Waals surface area contributed by atoms with E-state index in [1.165, 1.54) is 7.11 Å². The summed E-state index contributed by atoms with van der Waals surface area (Å²) in [4.78, 5) is 11.4. The summed E-state index contributed by atoms with van der Waals surface area (Å²) in [6.07, 6.45) is 3.72. The summed E-state index contributed by atoms with van der Waals surface area (Å²) in [7, 11) is 1.29. The van der Waals surface area contributed by atoms with E-state index in [1.54, 1.807) is 26.0 Å². The average Bonchev–Trinajstić information content (AvgIpc) is 2.12. The molecule has 4 nitrogen and oxygen atoms in total. The molecule has 0 aliphatic carbocycles. The lowest BCUT2D eigenvalue weighted by molar-refractivity contribution is -0.146. The minimum atomic E-state index is -1.08. The first-order chi connectivity index (χ1) is 6.05. The van der Waals surface area contributed by atoms with Crippen LogP contribution in [0, 0.1) is 10.8 Å². The standard InChI is InChI=1S/C9H16N2O2/c1-4-6-9(5-2,7(10)11)8(12)13-3/h4,6H,5H2,1-3H3,(H3,10,11)/b6-4+. The zero-order valence-corrected chi connectivity index (χ0v) is 8.26. The largest absolute Gasteiger partial charge is 0.468 e. The van der Waals surface area contributed by atoms with Gasteiger partial charge in [-0.3, -0.25) is 10.2 Å². The lowest BCUT2D eigenvalue weighted by atomic mass is 9.83. The van der Waals surface area contributed by atoms with Crippen molar-refractivity contribution in [2.45, 2.75) is 20.3 Å². The lowest BCUT2D eigenvalue weighted by Crippen LogP contribution is -2.42. The third kappa shape index (κ3) is 2.08. The van der Waals surface area contributed by atoms with Crippen LogP contribution in [0.3, 0.4) is 0 Å². The maximum Gasteiger partial charge on any atom is 0.323 e. The lowest BCUT2D eigenvalue weighted by Gasteiger charge is -2.24. The van der Waals surface area contributed by atoms with Gasteiger partial charge in [-0.25, -0.2) is 0 Å². The van der Waals surface area contributed by atoms with E-state index in [2.05, 4.69) is 4.74 Å². The summed E-state index contributed by atoms with van der Waals surface area (Å²) in [5.41, 5.74) is 4.30. The van der Waals surface area contributed by atoms with Gasteiger partial charge >= 0.3 is 5.97 Å². The van der Waals surface area contributed by atoms with Gasteiger partial charge in [0.2, 0.25) is 0 Å². The van der Waals surface area contributed by atoms with Crippen LogP contribution in [0.5, 0.6) is 0 Å². The number of ether oxygens (including phenoxy) is 1. The third-order valence-electron chi connectivity index (χ3n) is 2.04. The Bertz CT molecular complexity index is 236. The molecule has 0 aromatic heterocycles. The van der Waals surface area contributed by atoms with Gasteiger partial charge in [0.05, 0.1) is 7.11 Å². The van der Waals surface area contributed by atoms with Gasteiger partial charge in [0.15, 0.2) is 0 Å². The molecule has 0 aliphatic rings. The van der Waals surface area contributed by atoms with E-state index in [4.69, 9.17) is 11.1 Å². The number of nitrogens with one attached hydrogen (secondary N) is 1. The number of methoxy groups -OCH3 is 1. The second kappa shape index (κ2) is 4.64. The highest BCUT2D eigenvalue weighted by Gasteiger charge is 2.38. The quantitative estimate of drug-likeness (QED) is 0.297. The molecule has 74 valence electrons. The molecule has 0 aliphatic heterocycles. The molecule has 0 heterocycles. The minimum absolute atomic E-state index is 0.181. The van der Waals surface area contributed by atoms with Crippen LogP contribution >= 0.6 is 0 Å². The number of hydrogen-bond donors (Lipinski definition) is 2. The van der Waals surface area contributed by atoms with E-state index in [1.807, 2.05) is 0 Å². The molecular weight excluding hydrogens is 168 g/mol. The Labute approximate surface area is 78.3 Å². The first-order valence-corrected chi connectivity index (χ1v) is 4.12. The molecule has 0 bridgehead atoms. The molecule has 0 rings (SSSR count). The van der Waals surface area contributed by atoms with Crippen LogP contribution in [-0.2, 0) is 9.53 Å². The van der Waals surface area contributed by atoms with E-state index >= 15 is 0 Å². The van der Waals surface area contributed by atoms with Crippen molar-refractivity contribution in [1.82, 2.24) is 0 Å². The van der Waals surface area contributed by atoms with Crippen LogP contribution in [0.25, 0.3) is 0 Å². The van der Waals surface area contributed by atoms with E-state index in [9.17, 15) is 4.79 Å². The van der Waals surface area contributed by atoms with Gasteiger partial charge in [-0.1, -0.05) is 19.1 Å². The normalized spacial score (nSPS) is 15.3. The summed E-state index contributed by atoms with van der Waals surface area (Å²) >= 11 is 0. The van der Waals surface area contributed by atoms with Crippen molar-refractivity contribution in [3.05, 3.63) is 12.2 Å². The van der Waals surface area contributed by atoms with Crippen LogP contribution in [0.4, 0.5) is 0 Å². The monoisotopic (exact) mass is 184 g/mol. The Balaban J connectivity index is 5.09. The van der Waals surface area contributed by atoms with Gasteiger partial charge in [0.1, 0.15) is 11.3 Å². The van der Waals surface area contributed by atoms with Gasteiger partial charge < -0.3 is 10.5 Å². The van der Waals surface area contributed by atoms with Gasteiger partial charge in [-0.05, 0) is 13.3 Å². The van der Waals surface area contributed by atoms with Crippen LogP contribution in [0.15, 0.2) is 12.2 Å². The van der Waals surface area contributed by atoms with Crippen molar-refractivity contribution in [2.24, 2.45) is 11.1 Å². The van der Waals surface area contributed by atoms with Crippen molar-refractivity contribution in [3.8, 4) is 0 Å². The third-order valence-corrected chi connectivity index (χ3v) is 2.04. The Hall–Kier alpha value is -1.32. The molecular formula is C9H16N2O2. The number of carbonyl (C=O) groups excluding carboxylic acids is 1. The zero-order valence-electron chi connectivity index (χ0n) is 8.26. The molecule has 0 spiro atoms. The first kappa shape index (κ1) is 11.7. The van der Waals surface area contributed by atoms with Crippen molar-refractivity contribution in [3.63, 3.8) is 0 Å². The molecule has 1 atom stereocenters. The second-order valence-corrected chi connectivity index (χ2v) is 2.73. The number of allylic oxidation sites excluding steroid dienone is 1. The number of rotatable bonds is 4. The summed E-state index contributed by atoms with van der Waals surface area (Å²) in [5, 5.41) is 7.36. The predicted molar refractivity (Wildman–Crippen MR) is 51.5 cm³/mol. The van der Waals surface area contributed by atoms with Crippen LogP contribution < -0.4 is 5.73 Å². The number of carbonyl (C=O) groups is 1.